The van der Waals surface area contributed by atoms with Gasteiger partial charge < -0.3 is 5.73 Å². The Balaban J connectivity index is 2.02. The Morgan fingerprint density at radius 1 is 1.35 bits per heavy atom. The predicted octanol–water partition coefficient (Wildman–Crippen LogP) is 2.82. The molecule has 0 bridgehead atoms. The quantitative estimate of drug-likeness (QED) is 0.867. The van der Waals surface area contributed by atoms with Crippen LogP contribution in [-0.4, -0.2) is 9.96 Å². The largest absolute Gasteiger partial charge is 0.396 e. The first-order valence-corrected chi connectivity index (χ1v) is 7.32. The fourth-order valence-electron chi connectivity index (χ4n) is 1.42. The van der Waals surface area contributed by atoms with E-state index in [1.807, 2.05) is 17.5 Å². The molecule has 5 heteroatoms. The van der Waals surface area contributed by atoms with Crippen molar-refractivity contribution in [3.63, 3.8) is 0 Å². The van der Waals surface area contributed by atoms with Gasteiger partial charge in [0, 0.05) is 15.5 Å². The number of halogens is 1. The fourth-order valence-corrected chi connectivity index (χ4v) is 3.35. The van der Waals surface area contributed by atoms with Crippen LogP contribution in [0.25, 0.3) is 0 Å². The number of nitrogen functional groups attached to an aromatic ring is 1. The number of rotatable bonds is 4. The Hall–Kier alpha value is -1.20. The second-order valence-corrected chi connectivity index (χ2v) is 6.17. The number of hydrogen-bond acceptors (Lipinski definition) is 3. The first-order chi connectivity index (χ1) is 8.16. The normalized spacial score (nSPS) is 12.5. The molecule has 0 saturated heterocycles. The molecule has 90 valence electrons. The molecule has 0 spiro atoms. The Morgan fingerprint density at radius 2 is 2.18 bits per heavy atom. The molecule has 0 amide bonds. The highest BCUT2D eigenvalue weighted by Gasteiger charge is 2.07. The van der Waals surface area contributed by atoms with E-state index >= 15 is 0 Å². The molecule has 1 heterocycles. The lowest BCUT2D eigenvalue weighted by molar-refractivity contribution is 0.627. The van der Waals surface area contributed by atoms with E-state index in [4.69, 9.17) is 5.73 Å². The molecule has 0 aliphatic heterocycles. The maximum absolute atomic E-state index is 13.2. The second-order valence-electron chi connectivity index (χ2n) is 3.56. The van der Waals surface area contributed by atoms with Crippen molar-refractivity contribution < 1.29 is 8.60 Å². The van der Waals surface area contributed by atoms with Crippen LogP contribution in [0.3, 0.4) is 0 Å². The van der Waals surface area contributed by atoms with Crippen LogP contribution in [0.2, 0.25) is 0 Å². The summed E-state index contributed by atoms with van der Waals surface area (Å²) in [6, 6.07) is 8.29. The van der Waals surface area contributed by atoms with Gasteiger partial charge in [-0.2, -0.15) is 0 Å². The van der Waals surface area contributed by atoms with Gasteiger partial charge in [0.05, 0.1) is 16.5 Å². The summed E-state index contributed by atoms with van der Waals surface area (Å²) in [7, 11) is -1.18. The minimum Gasteiger partial charge on any atom is -0.396 e. The monoisotopic (exact) mass is 269 g/mol. The molecule has 1 aromatic heterocycles. The van der Waals surface area contributed by atoms with Crippen LogP contribution in [-0.2, 0) is 17.2 Å². The highest BCUT2D eigenvalue weighted by atomic mass is 32.2. The van der Waals surface area contributed by atoms with Crippen LogP contribution in [0.5, 0.6) is 0 Å². The molecule has 17 heavy (non-hydrogen) atoms. The van der Waals surface area contributed by atoms with E-state index < -0.39 is 16.6 Å². The van der Waals surface area contributed by atoms with Crippen LogP contribution in [0.4, 0.5) is 10.1 Å². The number of anilines is 1. The van der Waals surface area contributed by atoms with Gasteiger partial charge in [0.15, 0.2) is 0 Å². The Labute approximate surface area is 106 Å². The van der Waals surface area contributed by atoms with Crippen molar-refractivity contribution in [1.29, 1.82) is 0 Å². The molecule has 2 rings (SSSR count). The minimum atomic E-state index is -1.18. The maximum Gasteiger partial charge on any atom is 0.147 e. The number of benzene rings is 1. The van der Waals surface area contributed by atoms with E-state index in [1.165, 1.54) is 17.0 Å². The van der Waals surface area contributed by atoms with E-state index in [1.54, 1.807) is 17.4 Å². The average molecular weight is 269 g/mol. The Morgan fingerprint density at radius 3 is 2.82 bits per heavy atom. The lowest BCUT2D eigenvalue weighted by Crippen LogP contribution is -2.02. The zero-order valence-corrected chi connectivity index (χ0v) is 10.7. The summed E-state index contributed by atoms with van der Waals surface area (Å²) in [6.45, 7) is 0. The van der Waals surface area contributed by atoms with Crippen molar-refractivity contribution in [1.82, 2.24) is 0 Å². The summed E-state index contributed by atoms with van der Waals surface area (Å²) in [4.78, 5) is 1.68. The molecule has 0 aliphatic carbocycles. The van der Waals surface area contributed by atoms with Crippen molar-refractivity contribution in [3.05, 3.63) is 46.4 Å². The van der Waals surface area contributed by atoms with Crippen molar-refractivity contribution in [2.24, 2.45) is 0 Å². The van der Waals surface area contributed by atoms with Gasteiger partial charge in [-0.1, -0.05) is 6.07 Å². The first-order valence-electron chi connectivity index (χ1n) is 5.12. The molecule has 1 atom stereocenters. The minimum absolute atomic E-state index is 0.0870. The first kappa shape index (κ1) is 12.3. The lowest BCUT2D eigenvalue weighted by atomic mass is 10.3. The molecule has 0 radical (unpaired) electrons. The van der Waals surface area contributed by atoms with Crippen LogP contribution >= 0.6 is 11.3 Å². The van der Waals surface area contributed by atoms with Crippen LogP contribution in [0, 0.1) is 5.82 Å². The maximum atomic E-state index is 13.2. The van der Waals surface area contributed by atoms with Gasteiger partial charge >= 0.3 is 0 Å². The van der Waals surface area contributed by atoms with Crippen LogP contribution in [0.1, 0.15) is 4.88 Å². The zero-order chi connectivity index (χ0) is 12.3. The highest BCUT2D eigenvalue weighted by Crippen LogP contribution is 2.16. The third-order valence-electron chi connectivity index (χ3n) is 2.35. The smallest absolute Gasteiger partial charge is 0.147 e. The number of hydrogen-bond donors (Lipinski definition) is 1. The van der Waals surface area contributed by atoms with Gasteiger partial charge in [-0.3, -0.25) is 4.21 Å². The molecule has 0 aliphatic rings. The SMILES string of the molecule is Nc1ccc(S(=O)CCc2cccs2)cc1F. The summed E-state index contributed by atoms with van der Waals surface area (Å²) >= 11 is 1.64. The number of nitrogens with two attached hydrogens (primary N) is 1. The van der Waals surface area contributed by atoms with E-state index in [-0.39, 0.29) is 5.69 Å². The van der Waals surface area contributed by atoms with Crippen molar-refractivity contribution >= 4 is 27.8 Å². The molecule has 2 N–H and O–H groups in total. The van der Waals surface area contributed by atoms with Crippen molar-refractivity contribution in [3.8, 4) is 0 Å². The standard InChI is InChI=1S/C12H12FNOS2/c13-11-8-10(3-4-12(11)14)17(15)7-5-9-2-1-6-16-9/h1-4,6,8H,5,7,14H2. The molecular formula is C12H12FNOS2. The summed E-state index contributed by atoms with van der Waals surface area (Å²) in [5.74, 6) is -0.00359. The van der Waals surface area contributed by atoms with E-state index in [2.05, 4.69) is 0 Å². The van der Waals surface area contributed by atoms with Crippen molar-refractivity contribution in [2.75, 3.05) is 11.5 Å². The topological polar surface area (TPSA) is 43.1 Å². The fraction of sp³-hybridized carbons (Fsp3) is 0.167. The van der Waals surface area contributed by atoms with Crippen LogP contribution in [0.15, 0.2) is 40.6 Å². The molecule has 1 unspecified atom stereocenters. The van der Waals surface area contributed by atoms with E-state index in [0.29, 0.717) is 10.6 Å². The number of thiophene rings is 1. The molecular weight excluding hydrogens is 257 g/mol. The van der Waals surface area contributed by atoms with Gasteiger partial charge in [0.25, 0.3) is 0 Å². The molecule has 0 saturated carbocycles. The molecule has 2 nitrogen and oxygen atoms in total. The third kappa shape index (κ3) is 3.14. The summed E-state index contributed by atoms with van der Waals surface area (Å²) in [6.07, 6.45) is 0.746. The van der Waals surface area contributed by atoms with Gasteiger partial charge in [0.1, 0.15) is 5.82 Å². The van der Waals surface area contributed by atoms with Gasteiger partial charge in [-0.25, -0.2) is 4.39 Å². The molecule has 0 fully saturated rings. The summed E-state index contributed by atoms with van der Waals surface area (Å²) in [5.41, 5.74) is 5.45. The number of aryl methyl sites for hydroxylation is 1. The Kier molecular flexibility index (Phi) is 3.91. The second kappa shape index (κ2) is 5.42. The average Bonchev–Trinajstić information content (AvgIpc) is 2.82. The highest BCUT2D eigenvalue weighted by molar-refractivity contribution is 7.85. The molecule has 2 aromatic rings. The van der Waals surface area contributed by atoms with Gasteiger partial charge in [-0.15, -0.1) is 11.3 Å². The zero-order valence-electron chi connectivity index (χ0n) is 9.06. The van der Waals surface area contributed by atoms with E-state index in [0.717, 1.165) is 6.42 Å². The summed E-state index contributed by atoms with van der Waals surface area (Å²) < 4.78 is 25.1. The van der Waals surface area contributed by atoms with Gasteiger partial charge in [-0.05, 0) is 36.1 Å². The van der Waals surface area contributed by atoms with E-state index in [9.17, 15) is 8.60 Å². The van der Waals surface area contributed by atoms with Crippen molar-refractivity contribution in [2.45, 2.75) is 11.3 Å². The van der Waals surface area contributed by atoms with Gasteiger partial charge in [0.2, 0.25) is 0 Å². The molecule has 1 aromatic carbocycles. The predicted molar refractivity (Wildman–Crippen MR) is 70.1 cm³/mol. The Bertz CT molecular complexity index is 525. The summed E-state index contributed by atoms with van der Waals surface area (Å²) in [5, 5.41) is 1.99. The van der Waals surface area contributed by atoms with Crippen LogP contribution < -0.4 is 5.73 Å². The lowest BCUT2D eigenvalue weighted by Gasteiger charge is -2.03. The third-order valence-corrected chi connectivity index (χ3v) is 4.64.